The van der Waals surface area contributed by atoms with Crippen LogP contribution >= 0.6 is 0 Å². The first kappa shape index (κ1) is 9.59. The lowest BCUT2D eigenvalue weighted by molar-refractivity contribution is 1.02. The lowest BCUT2D eigenvalue weighted by atomic mass is 10.1. The number of aromatic nitrogens is 3. The Morgan fingerprint density at radius 1 is 1.06 bits per heavy atom. The second-order valence-electron chi connectivity index (χ2n) is 3.70. The summed E-state index contributed by atoms with van der Waals surface area (Å²) in [6.07, 6.45) is 0. The van der Waals surface area contributed by atoms with E-state index in [1.165, 1.54) is 0 Å². The number of nitrogen functional groups attached to an aromatic ring is 2. The van der Waals surface area contributed by atoms with E-state index in [4.69, 9.17) is 11.5 Å². The number of para-hydroxylation sites is 1. The van der Waals surface area contributed by atoms with E-state index < -0.39 is 0 Å². The minimum absolute atomic E-state index is 0.176. The number of fused-ring (bicyclic) bond motifs is 3. The molecule has 84 valence electrons. The molecule has 5 N–H and O–H groups in total. The Kier molecular flexibility index (Phi) is 1.79. The number of aromatic amines is 1. The van der Waals surface area contributed by atoms with Crippen LogP contribution in [0.5, 0.6) is 0 Å². The molecule has 0 aliphatic heterocycles. The van der Waals surface area contributed by atoms with Crippen molar-refractivity contribution in [3.05, 3.63) is 34.6 Å². The van der Waals surface area contributed by atoms with Gasteiger partial charge in [-0.05, 0) is 6.07 Å². The molecule has 0 aliphatic rings. The Morgan fingerprint density at radius 3 is 2.65 bits per heavy atom. The standard InChI is InChI=1S/C11H9N5O/c12-9-8-7(11(17)16-15-10(8)13)5-3-1-2-4-6(5)14-9/h1-4H,(H2,12,14)(H2,13,15)(H,16,17). The zero-order valence-corrected chi connectivity index (χ0v) is 8.77. The maximum absolute atomic E-state index is 11.8. The fraction of sp³-hybridized carbons (Fsp3) is 0. The van der Waals surface area contributed by atoms with Gasteiger partial charge in [0.25, 0.3) is 5.56 Å². The first-order chi connectivity index (χ1) is 8.18. The van der Waals surface area contributed by atoms with Crippen LogP contribution in [-0.2, 0) is 0 Å². The highest BCUT2D eigenvalue weighted by atomic mass is 16.1. The van der Waals surface area contributed by atoms with Crippen molar-refractivity contribution in [2.75, 3.05) is 11.5 Å². The summed E-state index contributed by atoms with van der Waals surface area (Å²) < 4.78 is 0. The van der Waals surface area contributed by atoms with Crippen molar-refractivity contribution < 1.29 is 0 Å². The Bertz CT molecular complexity index is 793. The van der Waals surface area contributed by atoms with Crippen LogP contribution in [0.15, 0.2) is 29.1 Å². The van der Waals surface area contributed by atoms with Gasteiger partial charge in [-0.1, -0.05) is 18.2 Å². The van der Waals surface area contributed by atoms with Crippen LogP contribution in [0.25, 0.3) is 21.7 Å². The number of hydrogen-bond donors (Lipinski definition) is 3. The molecule has 0 unspecified atom stereocenters. The average Bonchev–Trinajstić information content (AvgIpc) is 2.33. The molecule has 0 saturated heterocycles. The van der Waals surface area contributed by atoms with Crippen molar-refractivity contribution in [1.29, 1.82) is 0 Å². The van der Waals surface area contributed by atoms with Crippen molar-refractivity contribution in [2.24, 2.45) is 0 Å². The molecule has 1 aromatic carbocycles. The minimum Gasteiger partial charge on any atom is -0.383 e. The molecule has 0 spiro atoms. The van der Waals surface area contributed by atoms with Gasteiger partial charge in [-0.2, -0.15) is 5.10 Å². The van der Waals surface area contributed by atoms with Crippen LogP contribution in [-0.4, -0.2) is 15.2 Å². The summed E-state index contributed by atoms with van der Waals surface area (Å²) in [5.41, 5.74) is 11.9. The van der Waals surface area contributed by atoms with Gasteiger partial charge < -0.3 is 11.5 Å². The summed E-state index contributed by atoms with van der Waals surface area (Å²) in [5.74, 6) is 0.394. The van der Waals surface area contributed by atoms with Crippen LogP contribution < -0.4 is 17.0 Å². The highest BCUT2D eigenvalue weighted by molar-refractivity contribution is 6.12. The third-order valence-electron chi connectivity index (χ3n) is 2.68. The van der Waals surface area contributed by atoms with Crippen molar-refractivity contribution in [3.8, 4) is 0 Å². The summed E-state index contributed by atoms with van der Waals surface area (Å²) in [5, 5.41) is 7.60. The molecule has 0 amide bonds. The Labute approximate surface area is 95.3 Å². The van der Waals surface area contributed by atoms with Crippen LogP contribution in [0, 0.1) is 0 Å². The van der Waals surface area contributed by atoms with Crippen LogP contribution in [0.3, 0.4) is 0 Å². The molecular formula is C11H9N5O. The molecule has 2 aromatic heterocycles. The molecule has 0 aliphatic carbocycles. The Morgan fingerprint density at radius 2 is 1.82 bits per heavy atom. The van der Waals surface area contributed by atoms with Gasteiger partial charge in [0.1, 0.15) is 5.82 Å². The van der Waals surface area contributed by atoms with Gasteiger partial charge in [0.05, 0.1) is 16.3 Å². The lowest BCUT2D eigenvalue weighted by Gasteiger charge is -2.06. The van der Waals surface area contributed by atoms with Crippen LogP contribution in [0.2, 0.25) is 0 Å². The molecule has 0 bridgehead atoms. The number of H-pyrrole nitrogens is 1. The van der Waals surface area contributed by atoms with Crippen LogP contribution in [0.1, 0.15) is 0 Å². The highest BCUT2D eigenvalue weighted by Crippen LogP contribution is 2.27. The van der Waals surface area contributed by atoms with E-state index in [1.54, 1.807) is 12.1 Å². The number of anilines is 2. The van der Waals surface area contributed by atoms with E-state index in [2.05, 4.69) is 15.2 Å². The van der Waals surface area contributed by atoms with Crippen molar-refractivity contribution in [1.82, 2.24) is 15.2 Å². The van der Waals surface area contributed by atoms with Gasteiger partial charge in [-0.25, -0.2) is 10.1 Å². The number of rotatable bonds is 0. The monoisotopic (exact) mass is 227 g/mol. The minimum atomic E-state index is -0.320. The molecule has 17 heavy (non-hydrogen) atoms. The van der Waals surface area contributed by atoms with E-state index in [0.717, 1.165) is 0 Å². The topological polar surface area (TPSA) is 111 Å². The molecule has 6 nitrogen and oxygen atoms in total. The molecule has 3 rings (SSSR count). The lowest BCUT2D eigenvalue weighted by Crippen LogP contribution is -2.13. The number of nitrogens with zero attached hydrogens (tertiary/aromatic N) is 2. The zero-order valence-electron chi connectivity index (χ0n) is 8.77. The van der Waals surface area contributed by atoms with Crippen molar-refractivity contribution >= 4 is 33.3 Å². The van der Waals surface area contributed by atoms with Gasteiger partial charge >= 0.3 is 0 Å². The molecular weight excluding hydrogens is 218 g/mol. The zero-order chi connectivity index (χ0) is 12.0. The van der Waals surface area contributed by atoms with E-state index in [9.17, 15) is 4.79 Å². The summed E-state index contributed by atoms with van der Waals surface area (Å²) in [4.78, 5) is 16.1. The summed E-state index contributed by atoms with van der Waals surface area (Å²) >= 11 is 0. The van der Waals surface area contributed by atoms with Gasteiger partial charge in [0, 0.05) is 5.39 Å². The predicted molar refractivity (Wildman–Crippen MR) is 66.5 cm³/mol. The fourth-order valence-electron chi connectivity index (χ4n) is 1.95. The average molecular weight is 227 g/mol. The van der Waals surface area contributed by atoms with E-state index in [0.29, 0.717) is 21.7 Å². The molecule has 2 heterocycles. The SMILES string of the molecule is Nc1n[nH]c(=O)c2c1c(N)nc1ccccc12. The molecule has 0 saturated carbocycles. The molecule has 0 radical (unpaired) electrons. The summed E-state index contributed by atoms with van der Waals surface area (Å²) in [6.45, 7) is 0. The van der Waals surface area contributed by atoms with Gasteiger partial charge in [0.15, 0.2) is 5.82 Å². The van der Waals surface area contributed by atoms with Gasteiger partial charge in [-0.15, -0.1) is 0 Å². The molecule has 3 aromatic rings. The van der Waals surface area contributed by atoms with Gasteiger partial charge in [0.2, 0.25) is 0 Å². The molecule has 0 fully saturated rings. The Balaban J connectivity index is 2.75. The second-order valence-corrected chi connectivity index (χ2v) is 3.70. The normalized spacial score (nSPS) is 11.1. The maximum atomic E-state index is 11.8. The van der Waals surface area contributed by atoms with E-state index >= 15 is 0 Å². The number of benzene rings is 1. The third kappa shape index (κ3) is 1.24. The van der Waals surface area contributed by atoms with Gasteiger partial charge in [-0.3, -0.25) is 4.79 Å². The molecule has 6 heteroatoms. The summed E-state index contributed by atoms with van der Waals surface area (Å²) in [6, 6.07) is 7.26. The summed E-state index contributed by atoms with van der Waals surface area (Å²) in [7, 11) is 0. The number of hydrogen-bond acceptors (Lipinski definition) is 5. The number of nitrogens with two attached hydrogens (primary N) is 2. The molecule has 0 atom stereocenters. The predicted octanol–water partition coefficient (Wildman–Crippen LogP) is 0.636. The number of nitrogens with one attached hydrogen (secondary N) is 1. The first-order valence-electron chi connectivity index (χ1n) is 5.00. The first-order valence-corrected chi connectivity index (χ1v) is 5.00. The van der Waals surface area contributed by atoms with Crippen molar-refractivity contribution in [2.45, 2.75) is 0 Å². The van der Waals surface area contributed by atoms with Crippen molar-refractivity contribution in [3.63, 3.8) is 0 Å². The van der Waals surface area contributed by atoms with Crippen LogP contribution in [0.4, 0.5) is 11.6 Å². The smallest absolute Gasteiger partial charge is 0.273 e. The highest BCUT2D eigenvalue weighted by Gasteiger charge is 2.12. The third-order valence-corrected chi connectivity index (χ3v) is 2.68. The van der Waals surface area contributed by atoms with E-state index in [-0.39, 0.29) is 17.2 Å². The quantitative estimate of drug-likeness (QED) is 0.488. The fourth-order valence-corrected chi connectivity index (χ4v) is 1.95. The maximum Gasteiger partial charge on any atom is 0.273 e. The largest absolute Gasteiger partial charge is 0.383 e. The Hall–Kier alpha value is -2.63. The van der Waals surface area contributed by atoms with E-state index in [1.807, 2.05) is 12.1 Å². The number of pyridine rings is 1. The second kappa shape index (κ2) is 3.18.